The Morgan fingerprint density at radius 1 is 1.50 bits per heavy atom. The highest BCUT2D eigenvalue weighted by Gasteiger charge is 2.38. The summed E-state index contributed by atoms with van der Waals surface area (Å²) >= 11 is 0. The predicted molar refractivity (Wildman–Crippen MR) is 63.3 cm³/mol. The molecule has 1 rings (SSSR count). The van der Waals surface area contributed by atoms with E-state index in [2.05, 4.69) is 5.32 Å². The van der Waals surface area contributed by atoms with E-state index in [1.54, 1.807) is 0 Å². The molecule has 0 aromatic heterocycles. The van der Waals surface area contributed by atoms with E-state index in [-0.39, 0.29) is 13.0 Å². The van der Waals surface area contributed by atoms with E-state index in [0.717, 1.165) is 4.90 Å². The van der Waals surface area contributed by atoms with Crippen molar-refractivity contribution in [3.05, 3.63) is 0 Å². The average molecular weight is 260 g/mol. The predicted octanol–water partition coefficient (Wildman–Crippen LogP) is -0.358. The van der Waals surface area contributed by atoms with Crippen LogP contribution in [-0.2, 0) is 9.53 Å². The average Bonchev–Trinajstić information content (AvgIpc) is 2.71. The van der Waals surface area contributed by atoms with Gasteiger partial charge in [0.25, 0.3) is 0 Å². The van der Waals surface area contributed by atoms with Crippen LogP contribution >= 0.6 is 0 Å². The highest BCUT2D eigenvalue weighted by molar-refractivity contribution is 5.83. The third kappa shape index (κ3) is 4.15. The van der Waals surface area contributed by atoms with Crippen molar-refractivity contribution >= 4 is 12.0 Å². The molecule has 0 spiro atoms. The van der Waals surface area contributed by atoms with Gasteiger partial charge in [0.2, 0.25) is 0 Å². The minimum atomic E-state index is -1.09. The molecule has 1 aliphatic rings. The molecule has 2 atom stereocenters. The second kappa shape index (κ2) is 7.17. The molecule has 3 N–H and O–H groups in total. The van der Waals surface area contributed by atoms with Crippen molar-refractivity contribution < 1.29 is 24.5 Å². The maximum absolute atomic E-state index is 11.7. The smallest absolute Gasteiger partial charge is 0.326 e. The fourth-order valence-corrected chi connectivity index (χ4v) is 1.89. The molecule has 1 aliphatic heterocycles. The number of carbonyl (C=O) groups excluding carboxylic acids is 1. The lowest BCUT2D eigenvalue weighted by molar-refractivity contribution is -0.141. The number of urea groups is 1. The molecule has 1 heterocycles. The zero-order chi connectivity index (χ0) is 13.5. The number of aliphatic hydroxyl groups excluding tert-OH is 1. The molecule has 104 valence electrons. The molecule has 0 aliphatic carbocycles. The van der Waals surface area contributed by atoms with Gasteiger partial charge in [-0.05, 0) is 13.3 Å². The number of hydrogen-bond acceptors (Lipinski definition) is 4. The SMILES string of the molecule is CCOCCCNC(=O)N1CC(O)CC1C(=O)O. The zero-order valence-electron chi connectivity index (χ0n) is 10.5. The van der Waals surface area contributed by atoms with Crippen LogP contribution in [0, 0.1) is 0 Å². The second-order valence-corrected chi connectivity index (χ2v) is 4.18. The summed E-state index contributed by atoms with van der Waals surface area (Å²) in [6, 6.07) is -1.39. The van der Waals surface area contributed by atoms with Gasteiger partial charge in [0.1, 0.15) is 6.04 Å². The van der Waals surface area contributed by atoms with Crippen LogP contribution in [0.5, 0.6) is 0 Å². The molecule has 0 aromatic rings. The number of β-amino-alcohol motifs (C(OH)–C–C–N with tert-alkyl or cyclic N) is 1. The number of nitrogens with zero attached hydrogens (tertiary/aromatic N) is 1. The standard InChI is InChI=1S/C11H20N2O5/c1-2-18-5-3-4-12-11(17)13-7-8(14)6-9(13)10(15)16/h8-9,14H,2-7H2,1H3,(H,12,17)(H,15,16). The van der Waals surface area contributed by atoms with Crippen molar-refractivity contribution in [3.8, 4) is 0 Å². The molecule has 2 amide bonds. The number of aliphatic hydroxyl groups is 1. The van der Waals surface area contributed by atoms with E-state index in [9.17, 15) is 14.7 Å². The summed E-state index contributed by atoms with van der Waals surface area (Å²) in [6.45, 7) is 3.57. The first-order valence-corrected chi connectivity index (χ1v) is 6.09. The van der Waals surface area contributed by atoms with Crippen molar-refractivity contribution in [2.45, 2.75) is 31.9 Å². The number of nitrogens with one attached hydrogen (secondary N) is 1. The molecular weight excluding hydrogens is 240 g/mol. The molecule has 18 heavy (non-hydrogen) atoms. The maximum atomic E-state index is 11.7. The first-order valence-electron chi connectivity index (χ1n) is 6.09. The number of amides is 2. The number of hydrogen-bond donors (Lipinski definition) is 3. The van der Waals surface area contributed by atoms with Gasteiger partial charge in [-0.3, -0.25) is 0 Å². The molecule has 7 heteroatoms. The van der Waals surface area contributed by atoms with Crippen molar-refractivity contribution in [2.75, 3.05) is 26.3 Å². The third-order valence-corrected chi connectivity index (χ3v) is 2.77. The van der Waals surface area contributed by atoms with E-state index in [1.165, 1.54) is 0 Å². The van der Waals surface area contributed by atoms with E-state index >= 15 is 0 Å². The minimum absolute atomic E-state index is 0.0638. The number of ether oxygens (including phenoxy) is 1. The Hall–Kier alpha value is -1.34. The van der Waals surface area contributed by atoms with Gasteiger partial charge >= 0.3 is 12.0 Å². The fourth-order valence-electron chi connectivity index (χ4n) is 1.89. The van der Waals surface area contributed by atoms with E-state index in [1.807, 2.05) is 6.92 Å². The summed E-state index contributed by atoms with van der Waals surface area (Å²) in [6.07, 6.45) is -0.00430. The molecule has 0 radical (unpaired) electrons. The number of carboxylic acid groups (broad SMARTS) is 1. The van der Waals surface area contributed by atoms with Crippen LogP contribution in [0.2, 0.25) is 0 Å². The molecular formula is C11H20N2O5. The maximum Gasteiger partial charge on any atom is 0.326 e. The molecule has 1 saturated heterocycles. The van der Waals surface area contributed by atoms with Gasteiger partial charge in [-0.25, -0.2) is 9.59 Å². The van der Waals surface area contributed by atoms with Crippen molar-refractivity contribution in [1.29, 1.82) is 0 Å². The fraction of sp³-hybridized carbons (Fsp3) is 0.818. The number of carbonyl (C=O) groups is 2. The van der Waals surface area contributed by atoms with Crippen LogP contribution in [0.15, 0.2) is 0 Å². The Morgan fingerprint density at radius 3 is 2.83 bits per heavy atom. The van der Waals surface area contributed by atoms with Gasteiger partial charge in [-0.1, -0.05) is 0 Å². The third-order valence-electron chi connectivity index (χ3n) is 2.77. The molecule has 1 fully saturated rings. The lowest BCUT2D eigenvalue weighted by Gasteiger charge is -2.21. The molecule has 0 bridgehead atoms. The van der Waals surface area contributed by atoms with Gasteiger partial charge in [0, 0.05) is 32.7 Å². The summed E-state index contributed by atoms with van der Waals surface area (Å²) in [5, 5.41) is 21.0. The van der Waals surface area contributed by atoms with Crippen molar-refractivity contribution in [2.24, 2.45) is 0 Å². The Morgan fingerprint density at radius 2 is 2.22 bits per heavy atom. The van der Waals surface area contributed by atoms with Crippen LogP contribution in [0.3, 0.4) is 0 Å². The Labute approximate surface area is 106 Å². The van der Waals surface area contributed by atoms with E-state index < -0.39 is 24.1 Å². The monoisotopic (exact) mass is 260 g/mol. The number of rotatable bonds is 6. The van der Waals surface area contributed by atoms with E-state index in [0.29, 0.717) is 26.2 Å². The largest absolute Gasteiger partial charge is 0.480 e. The van der Waals surface area contributed by atoms with Gasteiger partial charge in [0.15, 0.2) is 0 Å². The normalized spacial score (nSPS) is 23.1. The molecule has 0 aromatic carbocycles. The molecule has 7 nitrogen and oxygen atoms in total. The van der Waals surface area contributed by atoms with E-state index in [4.69, 9.17) is 9.84 Å². The first kappa shape index (κ1) is 14.7. The highest BCUT2D eigenvalue weighted by Crippen LogP contribution is 2.17. The van der Waals surface area contributed by atoms with Crippen molar-refractivity contribution in [3.63, 3.8) is 0 Å². The second-order valence-electron chi connectivity index (χ2n) is 4.18. The summed E-state index contributed by atoms with van der Waals surface area (Å²) in [4.78, 5) is 23.8. The van der Waals surface area contributed by atoms with Crippen LogP contribution in [0.1, 0.15) is 19.8 Å². The Balaban J connectivity index is 2.33. The lowest BCUT2D eigenvalue weighted by Crippen LogP contribution is -2.46. The molecule has 2 unspecified atom stereocenters. The number of carboxylic acids is 1. The summed E-state index contributed by atoms with van der Waals surface area (Å²) in [5.41, 5.74) is 0. The van der Waals surface area contributed by atoms with Crippen LogP contribution < -0.4 is 5.32 Å². The van der Waals surface area contributed by atoms with Crippen LogP contribution in [0.25, 0.3) is 0 Å². The zero-order valence-corrected chi connectivity index (χ0v) is 10.5. The summed E-state index contributed by atoms with van der Waals surface area (Å²) < 4.78 is 5.12. The highest BCUT2D eigenvalue weighted by atomic mass is 16.5. The Kier molecular flexibility index (Phi) is 5.87. The summed E-state index contributed by atoms with van der Waals surface area (Å²) in [7, 11) is 0. The Bertz CT molecular complexity index is 297. The topological polar surface area (TPSA) is 99.1 Å². The quantitative estimate of drug-likeness (QED) is 0.566. The van der Waals surface area contributed by atoms with Gasteiger partial charge in [0.05, 0.1) is 6.10 Å². The van der Waals surface area contributed by atoms with Gasteiger partial charge in [-0.2, -0.15) is 0 Å². The van der Waals surface area contributed by atoms with Crippen LogP contribution in [0.4, 0.5) is 4.79 Å². The summed E-state index contributed by atoms with van der Waals surface area (Å²) in [5.74, 6) is -1.09. The number of likely N-dealkylation sites (tertiary alicyclic amines) is 1. The van der Waals surface area contributed by atoms with Crippen LogP contribution in [-0.4, -0.2) is 65.6 Å². The minimum Gasteiger partial charge on any atom is -0.480 e. The number of aliphatic carboxylic acids is 1. The van der Waals surface area contributed by atoms with Crippen molar-refractivity contribution in [1.82, 2.24) is 10.2 Å². The molecule has 0 saturated carbocycles. The van der Waals surface area contributed by atoms with Gasteiger partial charge in [-0.15, -0.1) is 0 Å². The first-order chi connectivity index (χ1) is 8.56. The van der Waals surface area contributed by atoms with Gasteiger partial charge < -0.3 is 25.2 Å². The lowest BCUT2D eigenvalue weighted by atomic mass is 10.2.